The Balaban J connectivity index is 1.73. The van der Waals surface area contributed by atoms with Crippen LogP contribution in [0.5, 0.6) is 5.75 Å². The Morgan fingerprint density at radius 3 is 2.24 bits per heavy atom. The van der Waals surface area contributed by atoms with Gasteiger partial charge >= 0.3 is 7.67 Å². The number of hydrogen-bond acceptors (Lipinski definition) is 2. The van der Waals surface area contributed by atoms with Gasteiger partial charge in [0, 0.05) is 12.1 Å². The molecule has 2 atom stereocenters. The van der Waals surface area contributed by atoms with Crippen LogP contribution < -0.4 is 14.7 Å². The first-order valence-corrected chi connectivity index (χ1v) is 7.78. The third-order valence-corrected chi connectivity index (χ3v) is 5.23. The van der Waals surface area contributed by atoms with E-state index in [2.05, 4.69) is 10.2 Å². The molecule has 3 rings (SSSR count). The normalized spacial score (nSPS) is 36.5. The summed E-state index contributed by atoms with van der Waals surface area (Å²) in [5.41, 5.74) is 0. The molecule has 1 aromatic carbocycles. The summed E-state index contributed by atoms with van der Waals surface area (Å²) >= 11 is 0. The van der Waals surface area contributed by atoms with Gasteiger partial charge in [0.15, 0.2) is 0 Å². The molecule has 1 saturated heterocycles. The van der Waals surface area contributed by atoms with Crippen LogP contribution in [0.15, 0.2) is 30.3 Å². The van der Waals surface area contributed by atoms with Crippen molar-refractivity contribution < 1.29 is 9.09 Å². The molecule has 1 aromatic rings. The molecule has 1 aliphatic carbocycles. The Hall–Kier alpha value is -0.830. The first-order valence-electron chi connectivity index (χ1n) is 6.15. The SMILES string of the molecule is O=P1(Oc2ccccc2)NC2CCCCC2N1. The van der Waals surface area contributed by atoms with Crippen LogP contribution in [0.4, 0.5) is 0 Å². The zero-order valence-electron chi connectivity index (χ0n) is 9.63. The summed E-state index contributed by atoms with van der Waals surface area (Å²) in [6, 6.07) is 9.93. The van der Waals surface area contributed by atoms with Crippen LogP contribution in [0.2, 0.25) is 0 Å². The molecule has 4 nitrogen and oxygen atoms in total. The summed E-state index contributed by atoms with van der Waals surface area (Å²) in [6.45, 7) is 0. The average molecular weight is 252 g/mol. The molecule has 1 aliphatic heterocycles. The molecule has 0 radical (unpaired) electrons. The largest absolute Gasteiger partial charge is 0.422 e. The molecule has 1 heterocycles. The Kier molecular flexibility index (Phi) is 2.95. The summed E-state index contributed by atoms with van der Waals surface area (Å²) in [5, 5.41) is 6.28. The minimum atomic E-state index is -2.90. The minimum absolute atomic E-state index is 0.304. The lowest BCUT2D eigenvalue weighted by Gasteiger charge is -2.22. The number of fused-ring (bicyclic) bond motifs is 1. The fourth-order valence-corrected chi connectivity index (χ4v) is 4.69. The van der Waals surface area contributed by atoms with Crippen LogP contribution in [-0.4, -0.2) is 12.1 Å². The maximum absolute atomic E-state index is 12.5. The Morgan fingerprint density at radius 2 is 1.65 bits per heavy atom. The predicted octanol–water partition coefficient (Wildman–Crippen LogP) is 2.68. The van der Waals surface area contributed by atoms with E-state index >= 15 is 0 Å². The van der Waals surface area contributed by atoms with Crippen molar-refractivity contribution >= 4 is 7.67 Å². The number of rotatable bonds is 2. The molecule has 1 saturated carbocycles. The lowest BCUT2D eigenvalue weighted by molar-refractivity contribution is 0.374. The summed E-state index contributed by atoms with van der Waals surface area (Å²) in [6.07, 6.45) is 4.59. The molecular formula is C12H17N2O2P. The lowest BCUT2D eigenvalue weighted by atomic mass is 9.92. The zero-order chi connectivity index (χ0) is 11.7. The smallest absolute Gasteiger partial charge is 0.391 e. The first kappa shape index (κ1) is 11.3. The Morgan fingerprint density at radius 1 is 1.06 bits per heavy atom. The van der Waals surface area contributed by atoms with E-state index in [1.54, 1.807) is 0 Å². The van der Waals surface area contributed by atoms with E-state index in [4.69, 9.17) is 4.52 Å². The quantitative estimate of drug-likeness (QED) is 0.794. The van der Waals surface area contributed by atoms with Gasteiger partial charge < -0.3 is 4.52 Å². The Labute approximate surface area is 101 Å². The van der Waals surface area contributed by atoms with Gasteiger partial charge in [-0.25, -0.2) is 14.7 Å². The van der Waals surface area contributed by atoms with Crippen LogP contribution in [0, 0.1) is 0 Å². The number of para-hydroxylation sites is 1. The van der Waals surface area contributed by atoms with E-state index in [-0.39, 0.29) is 0 Å². The van der Waals surface area contributed by atoms with E-state index in [9.17, 15) is 4.57 Å². The molecule has 2 aliphatic rings. The van der Waals surface area contributed by atoms with Crippen molar-refractivity contribution in [2.75, 3.05) is 0 Å². The number of nitrogens with one attached hydrogen (secondary N) is 2. The molecule has 92 valence electrons. The second kappa shape index (κ2) is 4.45. The predicted molar refractivity (Wildman–Crippen MR) is 67.0 cm³/mol. The molecule has 0 bridgehead atoms. The fraction of sp³-hybridized carbons (Fsp3) is 0.500. The van der Waals surface area contributed by atoms with Crippen LogP contribution in [-0.2, 0) is 4.57 Å². The van der Waals surface area contributed by atoms with Gasteiger partial charge in [0.25, 0.3) is 0 Å². The molecule has 0 spiro atoms. The average Bonchev–Trinajstić information content (AvgIpc) is 2.66. The highest BCUT2D eigenvalue weighted by molar-refractivity contribution is 7.55. The molecule has 17 heavy (non-hydrogen) atoms. The van der Waals surface area contributed by atoms with Gasteiger partial charge in [-0.2, -0.15) is 0 Å². The van der Waals surface area contributed by atoms with Gasteiger partial charge in [-0.15, -0.1) is 0 Å². The second-order valence-electron chi connectivity index (χ2n) is 4.71. The van der Waals surface area contributed by atoms with Gasteiger partial charge in [-0.1, -0.05) is 31.0 Å². The monoisotopic (exact) mass is 252 g/mol. The summed E-state index contributed by atoms with van der Waals surface area (Å²) in [4.78, 5) is 0. The van der Waals surface area contributed by atoms with Crippen LogP contribution in [0.25, 0.3) is 0 Å². The van der Waals surface area contributed by atoms with Crippen molar-refractivity contribution in [3.05, 3.63) is 30.3 Å². The van der Waals surface area contributed by atoms with Crippen molar-refractivity contribution in [3.8, 4) is 5.75 Å². The Bertz CT molecular complexity index is 419. The number of hydrogen-bond donors (Lipinski definition) is 2. The topological polar surface area (TPSA) is 50.4 Å². The third-order valence-electron chi connectivity index (χ3n) is 3.41. The van der Waals surface area contributed by atoms with Crippen molar-refractivity contribution in [1.82, 2.24) is 10.2 Å². The highest BCUT2D eigenvalue weighted by Crippen LogP contribution is 2.47. The highest BCUT2D eigenvalue weighted by Gasteiger charge is 2.43. The van der Waals surface area contributed by atoms with E-state index < -0.39 is 7.67 Å². The van der Waals surface area contributed by atoms with E-state index in [0.717, 1.165) is 12.8 Å². The van der Waals surface area contributed by atoms with Crippen molar-refractivity contribution in [1.29, 1.82) is 0 Å². The molecule has 2 unspecified atom stereocenters. The third kappa shape index (κ3) is 2.39. The molecule has 2 fully saturated rings. The minimum Gasteiger partial charge on any atom is -0.422 e. The highest BCUT2D eigenvalue weighted by atomic mass is 31.2. The van der Waals surface area contributed by atoms with Gasteiger partial charge in [-0.05, 0) is 25.0 Å². The molecule has 2 N–H and O–H groups in total. The standard InChI is InChI=1S/C12H17N2O2P/c15-17(16-10-6-2-1-3-7-10)13-11-8-4-5-9-12(11)14-17/h1-3,6-7,11-12H,4-5,8-9H2,(H2,13,14,15). The molecular weight excluding hydrogens is 235 g/mol. The van der Waals surface area contributed by atoms with Crippen molar-refractivity contribution in [3.63, 3.8) is 0 Å². The maximum Gasteiger partial charge on any atom is 0.391 e. The summed E-state index contributed by atoms with van der Waals surface area (Å²) < 4.78 is 18.1. The van der Waals surface area contributed by atoms with Gasteiger partial charge in [0.05, 0.1) is 0 Å². The van der Waals surface area contributed by atoms with Gasteiger partial charge in [-0.3, -0.25) is 0 Å². The van der Waals surface area contributed by atoms with Gasteiger partial charge in [0.1, 0.15) is 5.75 Å². The van der Waals surface area contributed by atoms with Crippen LogP contribution in [0.3, 0.4) is 0 Å². The van der Waals surface area contributed by atoms with E-state index in [1.807, 2.05) is 30.3 Å². The second-order valence-corrected chi connectivity index (χ2v) is 6.51. The zero-order valence-corrected chi connectivity index (χ0v) is 10.5. The lowest BCUT2D eigenvalue weighted by Crippen LogP contribution is -2.36. The van der Waals surface area contributed by atoms with Crippen molar-refractivity contribution in [2.24, 2.45) is 0 Å². The van der Waals surface area contributed by atoms with Crippen molar-refractivity contribution in [2.45, 2.75) is 37.8 Å². The molecule has 5 heteroatoms. The van der Waals surface area contributed by atoms with Gasteiger partial charge in [0.2, 0.25) is 0 Å². The molecule has 0 aromatic heterocycles. The van der Waals surface area contributed by atoms with Crippen LogP contribution >= 0.6 is 7.67 Å². The first-order chi connectivity index (χ1) is 8.25. The van der Waals surface area contributed by atoms with Crippen LogP contribution in [0.1, 0.15) is 25.7 Å². The number of benzene rings is 1. The summed E-state index contributed by atoms with van der Waals surface area (Å²) in [5.74, 6) is 0.648. The van der Waals surface area contributed by atoms with E-state index in [0.29, 0.717) is 17.8 Å². The summed E-state index contributed by atoms with van der Waals surface area (Å²) in [7, 11) is -2.90. The fourth-order valence-electron chi connectivity index (χ4n) is 2.60. The van der Waals surface area contributed by atoms with E-state index in [1.165, 1.54) is 12.8 Å². The molecule has 0 amide bonds. The maximum atomic E-state index is 12.5.